The summed E-state index contributed by atoms with van der Waals surface area (Å²) >= 11 is 8.87. The monoisotopic (exact) mass is 269 g/mol. The Morgan fingerprint density at radius 3 is 2.69 bits per heavy atom. The average molecular weight is 271 g/mol. The molecule has 5 heteroatoms. The lowest BCUT2D eigenvalue weighted by Crippen LogP contribution is -1.99. The predicted molar refractivity (Wildman–Crippen MR) is 51.6 cm³/mol. The Kier molecular flexibility index (Phi) is 3.62. The van der Waals surface area contributed by atoms with E-state index in [0.717, 1.165) is 0 Å². The van der Waals surface area contributed by atoms with Gasteiger partial charge in [0.05, 0.1) is 0 Å². The lowest BCUT2D eigenvalue weighted by molar-refractivity contribution is 0.145. The first kappa shape index (κ1) is 10.9. The molecule has 0 unspecified atom stereocenters. The topological polar surface area (TPSA) is 12.9 Å². The molecule has 1 heterocycles. The maximum Gasteiger partial charge on any atom is 0.280 e. The van der Waals surface area contributed by atoms with E-state index in [-0.39, 0.29) is 5.69 Å². The summed E-state index contributed by atoms with van der Waals surface area (Å²) in [5.41, 5.74) is 0.633. The molecule has 0 atom stereocenters. The molecule has 0 amide bonds. The van der Waals surface area contributed by atoms with Crippen molar-refractivity contribution < 1.29 is 8.78 Å². The Morgan fingerprint density at radius 1 is 1.62 bits per heavy atom. The Hall–Kier alpha value is -0.220. The standard InChI is InChI=1S/C8H7BrClF2N/c1-4-2-6(10)5(3-9)7(13-4)8(11)12/h2,8H,3H2,1H3. The first-order chi connectivity index (χ1) is 6.06. The summed E-state index contributed by atoms with van der Waals surface area (Å²) in [4.78, 5) is 3.74. The molecule has 0 saturated heterocycles. The van der Waals surface area contributed by atoms with Crippen LogP contribution in [0.5, 0.6) is 0 Å². The molecule has 13 heavy (non-hydrogen) atoms. The number of pyridine rings is 1. The van der Waals surface area contributed by atoms with Crippen molar-refractivity contribution in [2.75, 3.05) is 0 Å². The summed E-state index contributed by atoms with van der Waals surface area (Å²) in [6.45, 7) is 1.63. The van der Waals surface area contributed by atoms with Crippen LogP contribution in [0.2, 0.25) is 5.02 Å². The van der Waals surface area contributed by atoms with Gasteiger partial charge in [0.15, 0.2) is 0 Å². The summed E-state index contributed by atoms with van der Waals surface area (Å²) in [7, 11) is 0. The number of halogens is 4. The van der Waals surface area contributed by atoms with Crippen LogP contribution >= 0.6 is 27.5 Å². The van der Waals surface area contributed by atoms with Crippen LogP contribution in [0.3, 0.4) is 0 Å². The van der Waals surface area contributed by atoms with Crippen molar-refractivity contribution in [3.63, 3.8) is 0 Å². The summed E-state index contributed by atoms with van der Waals surface area (Å²) in [6, 6.07) is 1.57. The predicted octanol–water partition coefficient (Wildman–Crippen LogP) is 3.88. The van der Waals surface area contributed by atoms with E-state index in [0.29, 0.717) is 21.6 Å². The second-order valence-electron chi connectivity index (χ2n) is 2.54. The Labute approximate surface area is 88.2 Å². The van der Waals surface area contributed by atoms with Gasteiger partial charge in [-0.15, -0.1) is 0 Å². The minimum Gasteiger partial charge on any atom is -0.252 e. The van der Waals surface area contributed by atoms with Crippen LogP contribution in [0.15, 0.2) is 6.07 Å². The molecule has 72 valence electrons. The van der Waals surface area contributed by atoms with Crippen LogP contribution < -0.4 is 0 Å². The largest absolute Gasteiger partial charge is 0.280 e. The fourth-order valence-electron chi connectivity index (χ4n) is 0.995. The molecular formula is C8H7BrClF2N. The van der Waals surface area contributed by atoms with Gasteiger partial charge in [0.1, 0.15) is 5.69 Å². The lowest BCUT2D eigenvalue weighted by atomic mass is 10.2. The highest BCUT2D eigenvalue weighted by Gasteiger charge is 2.17. The Morgan fingerprint density at radius 2 is 2.23 bits per heavy atom. The van der Waals surface area contributed by atoms with E-state index in [4.69, 9.17) is 11.6 Å². The normalized spacial score (nSPS) is 10.9. The number of aromatic nitrogens is 1. The number of aryl methyl sites for hydroxylation is 1. The van der Waals surface area contributed by atoms with E-state index < -0.39 is 6.43 Å². The van der Waals surface area contributed by atoms with Crippen molar-refractivity contribution in [2.45, 2.75) is 18.7 Å². The first-order valence-corrected chi connectivity index (χ1v) is 5.06. The molecule has 0 fully saturated rings. The van der Waals surface area contributed by atoms with Gasteiger partial charge in [-0.05, 0) is 13.0 Å². The maximum absolute atomic E-state index is 12.4. The first-order valence-electron chi connectivity index (χ1n) is 3.56. The second-order valence-corrected chi connectivity index (χ2v) is 3.51. The third-order valence-corrected chi connectivity index (χ3v) is 2.47. The molecule has 0 aliphatic heterocycles. The number of hydrogen-bond donors (Lipinski definition) is 0. The highest BCUT2D eigenvalue weighted by Crippen LogP contribution is 2.28. The van der Waals surface area contributed by atoms with Crippen LogP contribution in [-0.4, -0.2) is 4.98 Å². The molecular weight excluding hydrogens is 263 g/mol. The molecule has 0 bridgehead atoms. The van der Waals surface area contributed by atoms with Gasteiger partial charge in [-0.2, -0.15) is 0 Å². The fraction of sp³-hybridized carbons (Fsp3) is 0.375. The highest BCUT2D eigenvalue weighted by atomic mass is 79.9. The van der Waals surface area contributed by atoms with Gasteiger partial charge in [-0.25, -0.2) is 8.78 Å². The van der Waals surface area contributed by atoms with E-state index in [9.17, 15) is 8.78 Å². The number of rotatable bonds is 2. The molecule has 0 aliphatic rings. The molecule has 1 aromatic rings. The van der Waals surface area contributed by atoms with Crippen LogP contribution in [0.4, 0.5) is 8.78 Å². The van der Waals surface area contributed by atoms with Crippen molar-refractivity contribution in [3.05, 3.63) is 28.0 Å². The number of hydrogen-bond acceptors (Lipinski definition) is 1. The Balaban J connectivity index is 3.29. The minimum atomic E-state index is -2.58. The summed E-state index contributed by atoms with van der Waals surface area (Å²) in [5, 5.41) is 0.623. The summed E-state index contributed by atoms with van der Waals surface area (Å²) in [5.74, 6) is 0. The zero-order chi connectivity index (χ0) is 10.0. The SMILES string of the molecule is Cc1cc(Cl)c(CBr)c(C(F)F)n1. The maximum atomic E-state index is 12.4. The van der Waals surface area contributed by atoms with E-state index >= 15 is 0 Å². The molecule has 1 rings (SSSR count). The van der Waals surface area contributed by atoms with Crippen LogP contribution in [0, 0.1) is 6.92 Å². The molecule has 0 radical (unpaired) electrons. The molecule has 0 spiro atoms. The molecule has 0 saturated carbocycles. The van der Waals surface area contributed by atoms with Crippen LogP contribution in [0.1, 0.15) is 23.4 Å². The van der Waals surface area contributed by atoms with Gasteiger partial charge < -0.3 is 0 Å². The smallest absolute Gasteiger partial charge is 0.252 e. The van der Waals surface area contributed by atoms with Crippen molar-refractivity contribution in [1.82, 2.24) is 4.98 Å². The number of alkyl halides is 3. The van der Waals surface area contributed by atoms with Gasteiger partial charge in [0.2, 0.25) is 0 Å². The Bertz CT molecular complexity index is 317. The van der Waals surface area contributed by atoms with Crippen LogP contribution in [-0.2, 0) is 5.33 Å². The molecule has 0 aromatic carbocycles. The van der Waals surface area contributed by atoms with Crippen molar-refractivity contribution in [3.8, 4) is 0 Å². The molecule has 0 aliphatic carbocycles. The van der Waals surface area contributed by atoms with Gasteiger partial charge in [0, 0.05) is 21.6 Å². The van der Waals surface area contributed by atoms with Gasteiger partial charge in [-0.3, -0.25) is 4.98 Å². The summed E-state index contributed by atoms with van der Waals surface area (Å²) < 4.78 is 24.9. The third kappa shape index (κ3) is 2.38. The molecule has 1 nitrogen and oxygen atoms in total. The highest BCUT2D eigenvalue weighted by molar-refractivity contribution is 9.08. The van der Waals surface area contributed by atoms with Crippen molar-refractivity contribution in [2.24, 2.45) is 0 Å². The molecule has 1 aromatic heterocycles. The van der Waals surface area contributed by atoms with Gasteiger partial charge >= 0.3 is 0 Å². The van der Waals surface area contributed by atoms with Crippen molar-refractivity contribution >= 4 is 27.5 Å². The van der Waals surface area contributed by atoms with Crippen molar-refractivity contribution in [1.29, 1.82) is 0 Å². The fourth-order valence-corrected chi connectivity index (χ4v) is 2.07. The third-order valence-electron chi connectivity index (χ3n) is 1.57. The zero-order valence-corrected chi connectivity index (χ0v) is 9.16. The average Bonchev–Trinajstić information content (AvgIpc) is 2.02. The minimum absolute atomic E-state index is 0.234. The summed E-state index contributed by atoms with van der Waals surface area (Å²) in [6.07, 6.45) is -2.58. The van der Waals surface area contributed by atoms with Gasteiger partial charge in [0.25, 0.3) is 6.43 Å². The second kappa shape index (κ2) is 4.33. The van der Waals surface area contributed by atoms with E-state index in [1.54, 1.807) is 13.0 Å². The number of nitrogens with zero attached hydrogens (tertiary/aromatic N) is 1. The van der Waals surface area contributed by atoms with E-state index in [2.05, 4.69) is 20.9 Å². The lowest BCUT2D eigenvalue weighted by Gasteiger charge is -2.08. The van der Waals surface area contributed by atoms with Gasteiger partial charge in [-0.1, -0.05) is 27.5 Å². The quantitative estimate of drug-likeness (QED) is 0.743. The molecule has 0 N–H and O–H groups in total. The van der Waals surface area contributed by atoms with E-state index in [1.165, 1.54) is 0 Å². The zero-order valence-electron chi connectivity index (χ0n) is 6.82. The van der Waals surface area contributed by atoms with Crippen LogP contribution in [0.25, 0.3) is 0 Å². The van der Waals surface area contributed by atoms with E-state index in [1.807, 2.05) is 0 Å².